The first kappa shape index (κ1) is 11.8. The highest BCUT2D eigenvalue weighted by Crippen LogP contribution is 2.38. The zero-order valence-corrected chi connectivity index (χ0v) is 9.93. The monoisotopic (exact) mass is 255 g/mol. The lowest BCUT2D eigenvalue weighted by Crippen LogP contribution is -2.46. The fraction of sp³-hybridized carbons (Fsp3) is 0.667. The van der Waals surface area contributed by atoms with Crippen molar-refractivity contribution in [2.75, 3.05) is 24.6 Å². The summed E-state index contributed by atoms with van der Waals surface area (Å²) in [5.74, 6) is 2.05. The molecule has 0 aromatic carbocycles. The van der Waals surface area contributed by atoms with E-state index in [4.69, 9.17) is 4.74 Å². The molecule has 0 amide bonds. The van der Waals surface area contributed by atoms with Crippen molar-refractivity contribution in [3.63, 3.8) is 0 Å². The largest absolute Gasteiger partial charge is 0.369 e. The molecule has 0 radical (unpaired) electrons. The minimum Gasteiger partial charge on any atom is -0.369 e. The van der Waals surface area contributed by atoms with Gasteiger partial charge < -0.3 is 9.64 Å². The molecule has 1 atom stereocenters. The average Bonchev–Trinajstić information content (AvgIpc) is 3.23. The summed E-state index contributed by atoms with van der Waals surface area (Å²) >= 11 is 0. The molecule has 1 aliphatic carbocycles. The van der Waals surface area contributed by atoms with Crippen LogP contribution < -0.4 is 4.90 Å². The maximum atomic E-state index is 12.6. The molecule has 0 spiro atoms. The predicted molar refractivity (Wildman–Crippen MR) is 62.0 cm³/mol. The van der Waals surface area contributed by atoms with E-state index in [0.29, 0.717) is 19.1 Å². The fourth-order valence-corrected chi connectivity index (χ4v) is 2.11. The molecular weight excluding hydrogens is 240 g/mol. The molecule has 18 heavy (non-hydrogen) atoms. The van der Waals surface area contributed by atoms with Crippen molar-refractivity contribution in [1.82, 2.24) is 9.97 Å². The molecule has 1 aliphatic heterocycles. The lowest BCUT2D eigenvalue weighted by Gasteiger charge is -2.33. The Morgan fingerprint density at radius 1 is 1.39 bits per heavy atom. The van der Waals surface area contributed by atoms with Gasteiger partial charge in [-0.15, -0.1) is 0 Å². The predicted octanol–water partition coefficient (Wildman–Crippen LogP) is 1.82. The van der Waals surface area contributed by atoms with E-state index in [1.54, 1.807) is 12.3 Å². The minimum absolute atomic E-state index is 0.193. The van der Waals surface area contributed by atoms with E-state index in [2.05, 4.69) is 9.97 Å². The highest BCUT2D eigenvalue weighted by atomic mass is 19.3. The molecule has 1 aromatic rings. The Morgan fingerprint density at radius 2 is 2.22 bits per heavy atom. The number of alkyl halides is 2. The third-order valence-electron chi connectivity index (χ3n) is 3.30. The van der Waals surface area contributed by atoms with Gasteiger partial charge in [0.1, 0.15) is 17.7 Å². The zero-order chi connectivity index (χ0) is 12.5. The lowest BCUT2D eigenvalue weighted by atomic mass is 10.2. The molecular formula is C12H15F2N3O. The molecule has 98 valence electrons. The van der Waals surface area contributed by atoms with Crippen molar-refractivity contribution < 1.29 is 13.5 Å². The smallest absolute Gasteiger partial charge is 0.266 e. The SMILES string of the molecule is FC(F)[C@H]1CN(c2ccnc(C3CC3)n2)CCO1. The minimum atomic E-state index is -2.45. The van der Waals surface area contributed by atoms with Crippen molar-refractivity contribution in [1.29, 1.82) is 0 Å². The molecule has 1 saturated heterocycles. The molecule has 0 unspecified atom stereocenters. The number of hydrogen-bond donors (Lipinski definition) is 0. The van der Waals surface area contributed by atoms with Crippen LogP contribution in [0.5, 0.6) is 0 Å². The number of aromatic nitrogens is 2. The van der Waals surface area contributed by atoms with Crippen LogP contribution in [0.4, 0.5) is 14.6 Å². The number of nitrogens with zero attached hydrogens (tertiary/aromatic N) is 3. The first-order chi connectivity index (χ1) is 8.74. The van der Waals surface area contributed by atoms with Gasteiger partial charge in [-0.2, -0.15) is 0 Å². The van der Waals surface area contributed by atoms with Crippen LogP contribution in [0.15, 0.2) is 12.3 Å². The molecule has 6 heteroatoms. The highest BCUT2D eigenvalue weighted by Gasteiger charge is 2.30. The van der Waals surface area contributed by atoms with Gasteiger partial charge in [0.25, 0.3) is 6.43 Å². The summed E-state index contributed by atoms with van der Waals surface area (Å²) in [5.41, 5.74) is 0. The van der Waals surface area contributed by atoms with Gasteiger partial charge in [0.15, 0.2) is 0 Å². The van der Waals surface area contributed by atoms with Gasteiger partial charge in [-0.25, -0.2) is 18.7 Å². The van der Waals surface area contributed by atoms with E-state index in [0.717, 1.165) is 24.5 Å². The van der Waals surface area contributed by atoms with Gasteiger partial charge in [0.05, 0.1) is 13.2 Å². The first-order valence-corrected chi connectivity index (χ1v) is 6.21. The maximum Gasteiger partial charge on any atom is 0.266 e. The molecule has 1 saturated carbocycles. The summed E-state index contributed by atoms with van der Waals surface area (Å²) in [7, 11) is 0. The second kappa shape index (κ2) is 4.76. The number of ether oxygens (including phenoxy) is 1. The van der Waals surface area contributed by atoms with Crippen LogP contribution in [0.1, 0.15) is 24.6 Å². The van der Waals surface area contributed by atoms with Gasteiger partial charge in [-0.3, -0.25) is 0 Å². The van der Waals surface area contributed by atoms with E-state index in [9.17, 15) is 8.78 Å². The van der Waals surface area contributed by atoms with Gasteiger partial charge in [-0.05, 0) is 18.9 Å². The van der Waals surface area contributed by atoms with Gasteiger partial charge >= 0.3 is 0 Å². The second-order valence-electron chi connectivity index (χ2n) is 4.74. The molecule has 0 bridgehead atoms. The topological polar surface area (TPSA) is 38.2 Å². The van der Waals surface area contributed by atoms with Gasteiger partial charge in [0, 0.05) is 18.7 Å². The highest BCUT2D eigenvalue weighted by molar-refractivity contribution is 5.38. The molecule has 2 heterocycles. The number of hydrogen-bond acceptors (Lipinski definition) is 4. The van der Waals surface area contributed by atoms with E-state index in [1.807, 2.05) is 4.90 Å². The molecule has 3 rings (SSSR count). The summed E-state index contributed by atoms with van der Waals surface area (Å²) in [6, 6.07) is 1.78. The summed E-state index contributed by atoms with van der Waals surface area (Å²) in [6.07, 6.45) is 0.511. The third kappa shape index (κ3) is 2.43. The van der Waals surface area contributed by atoms with Crippen LogP contribution in [0.3, 0.4) is 0 Å². The average molecular weight is 255 g/mol. The van der Waals surface area contributed by atoms with Crippen LogP contribution in [-0.2, 0) is 4.74 Å². The van der Waals surface area contributed by atoms with Crippen LogP contribution in [0.25, 0.3) is 0 Å². The van der Waals surface area contributed by atoms with E-state index < -0.39 is 12.5 Å². The van der Waals surface area contributed by atoms with E-state index >= 15 is 0 Å². The van der Waals surface area contributed by atoms with Crippen molar-refractivity contribution in [2.24, 2.45) is 0 Å². The second-order valence-corrected chi connectivity index (χ2v) is 4.74. The van der Waals surface area contributed by atoms with Crippen molar-refractivity contribution >= 4 is 5.82 Å². The standard InChI is InChI=1S/C12H15F2N3O/c13-11(14)9-7-17(5-6-18-9)10-3-4-15-12(16-10)8-1-2-8/h3-4,8-9,11H,1-2,5-7H2/t9-/m1/s1. The van der Waals surface area contributed by atoms with Crippen LogP contribution in [0.2, 0.25) is 0 Å². The summed E-state index contributed by atoms with van der Waals surface area (Å²) in [5, 5.41) is 0. The lowest BCUT2D eigenvalue weighted by molar-refractivity contribution is -0.0615. The van der Waals surface area contributed by atoms with Crippen molar-refractivity contribution in [3.05, 3.63) is 18.1 Å². The molecule has 0 N–H and O–H groups in total. The van der Waals surface area contributed by atoms with Gasteiger partial charge in [0.2, 0.25) is 0 Å². The molecule has 2 fully saturated rings. The van der Waals surface area contributed by atoms with Crippen molar-refractivity contribution in [2.45, 2.75) is 31.3 Å². The Kier molecular flexibility index (Phi) is 3.11. The maximum absolute atomic E-state index is 12.6. The van der Waals surface area contributed by atoms with Gasteiger partial charge in [-0.1, -0.05) is 0 Å². The molecule has 1 aromatic heterocycles. The Morgan fingerprint density at radius 3 is 2.94 bits per heavy atom. The number of anilines is 1. The summed E-state index contributed by atoms with van der Waals surface area (Å²) in [4.78, 5) is 10.6. The Balaban J connectivity index is 1.74. The quantitative estimate of drug-likeness (QED) is 0.826. The Bertz CT molecular complexity index is 426. The van der Waals surface area contributed by atoms with E-state index in [1.165, 1.54) is 0 Å². The Hall–Kier alpha value is -1.30. The van der Waals surface area contributed by atoms with Crippen molar-refractivity contribution in [3.8, 4) is 0 Å². The van der Waals surface area contributed by atoms with Crippen LogP contribution in [-0.4, -0.2) is 42.2 Å². The fourth-order valence-electron chi connectivity index (χ4n) is 2.11. The van der Waals surface area contributed by atoms with Crippen LogP contribution in [0, 0.1) is 0 Å². The first-order valence-electron chi connectivity index (χ1n) is 6.21. The number of halogens is 2. The zero-order valence-electron chi connectivity index (χ0n) is 9.93. The Labute approximate surface area is 104 Å². The molecule has 4 nitrogen and oxygen atoms in total. The van der Waals surface area contributed by atoms with E-state index in [-0.39, 0.29) is 6.54 Å². The van der Waals surface area contributed by atoms with Crippen LogP contribution >= 0.6 is 0 Å². The number of morpholine rings is 1. The number of rotatable bonds is 3. The molecule has 2 aliphatic rings. The third-order valence-corrected chi connectivity index (χ3v) is 3.30. The normalized spacial score (nSPS) is 24.6. The summed E-state index contributed by atoms with van der Waals surface area (Å²) < 4.78 is 30.3. The summed E-state index contributed by atoms with van der Waals surface area (Å²) in [6.45, 7) is 1.11.